The Bertz CT molecular complexity index is 874. The van der Waals surface area contributed by atoms with Gasteiger partial charge in [0.2, 0.25) is 11.8 Å². The zero-order valence-corrected chi connectivity index (χ0v) is 16.7. The Hall–Kier alpha value is -2.63. The summed E-state index contributed by atoms with van der Waals surface area (Å²) in [5.74, 6) is 1.17. The molecule has 0 radical (unpaired) electrons. The van der Waals surface area contributed by atoms with Crippen LogP contribution in [0.3, 0.4) is 0 Å². The predicted molar refractivity (Wildman–Crippen MR) is 105 cm³/mol. The second-order valence-electron chi connectivity index (χ2n) is 8.06. The quantitative estimate of drug-likeness (QED) is 0.788. The van der Waals surface area contributed by atoms with Crippen molar-refractivity contribution in [2.24, 2.45) is 5.92 Å². The zero-order valence-electron chi connectivity index (χ0n) is 16.7. The minimum Gasteiger partial charge on any atom is -0.441 e. The first-order chi connectivity index (χ1) is 13.5. The van der Waals surface area contributed by atoms with Crippen LogP contribution in [0.4, 0.5) is 4.79 Å². The van der Waals surface area contributed by atoms with Crippen LogP contribution in [-0.4, -0.2) is 38.8 Å². The third-order valence-corrected chi connectivity index (χ3v) is 5.89. The normalized spacial score (nSPS) is 22.7. The molecule has 6 nitrogen and oxygen atoms in total. The summed E-state index contributed by atoms with van der Waals surface area (Å²) in [5.41, 5.74) is 1.67. The lowest BCUT2D eigenvalue weighted by Crippen LogP contribution is -2.63. The molecule has 1 saturated carbocycles. The number of amides is 3. The van der Waals surface area contributed by atoms with E-state index in [4.69, 9.17) is 4.42 Å². The molecule has 1 aromatic carbocycles. The van der Waals surface area contributed by atoms with Gasteiger partial charge in [0.1, 0.15) is 11.5 Å². The summed E-state index contributed by atoms with van der Waals surface area (Å²) in [6.45, 7) is 6.05. The van der Waals surface area contributed by atoms with Gasteiger partial charge in [0.25, 0.3) is 0 Å². The molecule has 0 N–H and O–H groups in total. The van der Waals surface area contributed by atoms with Crippen molar-refractivity contribution in [3.8, 4) is 11.5 Å². The van der Waals surface area contributed by atoms with Crippen LogP contribution in [0.25, 0.3) is 11.5 Å². The van der Waals surface area contributed by atoms with Crippen molar-refractivity contribution in [1.29, 1.82) is 0 Å². The van der Waals surface area contributed by atoms with E-state index in [9.17, 15) is 9.59 Å². The highest BCUT2D eigenvalue weighted by molar-refractivity contribution is 5.99. The Balaban J connectivity index is 1.65. The van der Waals surface area contributed by atoms with E-state index in [1.807, 2.05) is 56.0 Å². The molecule has 6 heteroatoms. The molecule has 2 atom stereocenters. The summed E-state index contributed by atoms with van der Waals surface area (Å²) >= 11 is 0. The fourth-order valence-corrected chi connectivity index (χ4v) is 4.43. The van der Waals surface area contributed by atoms with Crippen LogP contribution < -0.4 is 0 Å². The Kier molecular flexibility index (Phi) is 4.96. The molecule has 1 aliphatic carbocycles. The topological polar surface area (TPSA) is 66.7 Å². The third kappa shape index (κ3) is 3.21. The lowest BCUT2D eigenvalue weighted by molar-refractivity contribution is -0.142. The number of carbonyl (C=O) groups excluding carboxylic acids is 2. The molecule has 0 bridgehead atoms. The lowest BCUT2D eigenvalue weighted by atomic mass is 9.81. The SMILES string of the molecule is Cc1oc(-c2ccccc2)nc1CN1C(=O)N(C(C)C)C(=O)C2CCCCC21. The maximum atomic E-state index is 13.2. The summed E-state index contributed by atoms with van der Waals surface area (Å²) in [4.78, 5) is 34.1. The first-order valence-corrected chi connectivity index (χ1v) is 10.1. The molecule has 2 unspecified atom stereocenters. The van der Waals surface area contributed by atoms with Crippen molar-refractivity contribution in [2.45, 2.75) is 65.1 Å². The van der Waals surface area contributed by atoms with Gasteiger partial charge in [-0.2, -0.15) is 0 Å². The number of rotatable bonds is 4. The number of oxazole rings is 1. The number of urea groups is 1. The smallest absolute Gasteiger partial charge is 0.327 e. The average molecular weight is 381 g/mol. The van der Waals surface area contributed by atoms with Gasteiger partial charge < -0.3 is 9.32 Å². The van der Waals surface area contributed by atoms with Crippen molar-refractivity contribution < 1.29 is 14.0 Å². The summed E-state index contributed by atoms with van der Waals surface area (Å²) < 4.78 is 5.88. The molecule has 2 fully saturated rings. The third-order valence-electron chi connectivity index (χ3n) is 5.89. The molecule has 28 heavy (non-hydrogen) atoms. The number of benzene rings is 1. The van der Waals surface area contributed by atoms with Gasteiger partial charge in [-0.15, -0.1) is 0 Å². The summed E-state index contributed by atoms with van der Waals surface area (Å²) in [6, 6.07) is 9.36. The van der Waals surface area contributed by atoms with Gasteiger partial charge >= 0.3 is 6.03 Å². The number of imide groups is 1. The molecule has 1 aliphatic heterocycles. The van der Waals surface area contributed by atoms with E-state index in [0.717, 1.165) is 36.9 Å². The highest BCUT2D eigenvalue weighted by Crippen LogP contribution is 2.36. The molecule has 4 rings (SSSR count). The van der Waals surface area contributed by atoms with Crippen molar-refractivity contribution in [1.82, 2.24) is 14.8 Å². The Morgan fingerprint density at radius 3 is 2.57 bits per heavy atom. The van der Waals surface area contributed by atoms with Crippen LogP contribution in [0.1, 0.15) is 51.0 Å². The van der Waals surface area contributed by atoms with Gasteiger partial charge in [-0.1, -0.05) is 31.0 Å². The number of carbonyl (C=O) groups is 2. The van der Waals surface area contributed by atoms with E-state index in [0.29, 0.717) is 18.2 Å². The summed E-state index contributed by atoms with van der Waals surface area (Å²) in [5, 5.41) is 0. The van der Waals surface area contributed by atoms with Gasteiger partial charge in [-0.25, -0.2) is 9.78 Å². The number of hydrogen-bond donors (Lipinski definition) is 0. The maximum Gasteiger partial charge on any atom is 0.327 e. The van der Waals surface area contributed by atoms with Crippen molar-refractivity contribution in [2.75, 3.05) is 0 Å². The van der Waals surface area contributed by atoms with Gasteiger partial charge in [0, 0.05) is 17.6 Å². The van der Waals surface area contributed by atoms with Crippen molar-refractivity contribution in [3.05, 3.63) is 41.8 Å². The Morgan fingerprint density at radius 2 is 1.86 bits per heavy atom. The zero-order chi connectivity index (χ0) is 19.8. The minimum absolute atomic E-state index is 0.0113. The van der Waals surface area contributed by atoms with E-state index < -0.39 is 0 Å². The Labute approximate surface area is 165 Å². The average Bonchev–Trinajstić information content (AvgIpc) is 3.06. The van der Waals surface area contributed by atoms with Crippen LogP contribution in [0.15, 0.2) is 34.7 Å². The molecular formula is C22H27N3O3. The molecule has 3 amide bonds. The summed E-state index contributed by atoms with van der Waals surface area (Å²) in [7, 11) is 0. The highest BCUT2D eigenvalue weighted by atomic mass is 16.4. The molecule has 2 heterocycles. The fraction of sp³-hybridized carbons (Fsp3) is 0.500. The minimum atomic E-state index is -0.202. The fourth-order valence-electron chi connectivity index (χ4n) is 4.43. The number of aryl methyl sites for hydroxylation is 1. The number of hydrogen-bond acceptors (Lipinski definition) is 4. The van der Waals surface area contributed by atoms with Crippen LogP contribution in [-0.2, 0) is 11.3 Å². The lowest BCUT2D eigenvalue weighted by Gasteiger charge is -2.47. The molecule has 2 aliphatic rings. The second kappa shape index (κ2) is 7.41. The van der Waals surface area contributed by atoms with E-state index >= 15 is 0 Å². The van der Waals surface area contributed by atoms with E-state index in [1.54, 1.807) is 0 Å². The molecule has 1 saturated heterocycles. The van der Waals surface area contributed by atoms with Gasteiger partial charge in [-0.05, 0) is 45.7 Å². The van der Waals surface area contributed by atoms with Crippen molar-refractivity contribution in [3.63, 3.8) is 0 Å². The van der Waals surface area contributed by atoms with Crippen LogP contribution in [0.5, 0.6) is 0 Å². The maximum absolute atomic E-state index is 13.2. The molecule has 0 spiro atoms. The van der Waals surface area contributed by atoms with E-state index in [1.165, 1.54) is 4.90 Å². The monoisotopic (exact) mass is 381 g/mol. The van der Waals surface area contributed by atoms with E-state index in [-0.39, 0.29) is 29.9 Å². The van der Waals surface area contributed by atoms with Gasteiger partial charge in [-0.3, -0.25) is 9.69 Å². The first kappa shape index (κ1) is 18.7. The van der Waals surface area contributed by atoms with Gasteiger partial charge in [0.05, 0.1) is 12.5 Å². The number of nitrogens with zero attached hydrogens (tertiary/aromatic N) is 3. The van der Waals surface area contributed by atoms with Crippen LogP contribution >= 0.6 is 0 Å². The number of aromatic nitrogens is 1. The first-order valence-electron chi connectivity index (χ1n) is 10.1. The predicted octanol–water partition coefficient (Wildman–Crippen LogP) is 4.38. The largest absolute Gasteiger partial charge is 0.441 e. The highest BCUT2D eigenvalue weighted by Gasteiger charge is 2.47. The summed E-state index contributed by atoms with van der Waals surface area (Å²) in [6.07, 6.45) is 3.81. The van der Waals surface area contributed by atoms with E-state index in [2.05, 4.69) is 4.98 Å². The van der Waals surface area contributed by atoms with Crippen LogP contribution in [0, 0.1) is 12.8 Å². The molecular weight excluding hydrogens is 354 g/mol. The van der Waals surface area contributed by atoms with Gasteiger partial charge in [0.15, 0.2) is 0 Å². The van der Waals surface area contributed by atoms with Crippen LogP contribution in [0.2, 0.25) is 0 Å². The van der Waals surface area contributed by atoms with Crippen molar-refractivity contribution >= 4 is 11.9 Å². The molecule has 2 aromatic rings. The standard InChI is InChI=1S/C22H27N3O3/c1-14(2)25-21(26)17-11-7-8-12-19(17)24(22(25)27)13-18-15(3)28-20(23-18)16-9-5-4-6-10-16/h4-6,9-10,14,17,19H,7-8,11-13H2,1-3H3. The molecule has 1 aromatic heterocycles. The molecule has 148 valence electrons. The second-order valence-corrected chi connectivity index (χ2v) is 8.06. The Morgan fingerprint density at radius 1 is 1.14 bits per heavy atom. The number of fused-ring (bicyclic) bond motifs is 1.